The fourth-order valence-electron chi connectivity index (χ4n) is 4.58. The van der Waals surface area contributed by atoms with Crippen molar-refractivity contribution in [1.29, 1.82) is 0 Å². The number of benzene rings is 1. The number of para-hydroxylation sites is 1. The molecule has 3 aliphatic rings. The number of pyridine rings is 1. The van der Waals surface area contributed by atoms with Crippen LogP contribution in [0.15, 0.2) is 46.6 Å². The summed E-state index contributed by atoms with van der Waals surface area (Å²) < 4.78 is 11.2. The second-order valence-electron chi connectivity index (χ2n) is 9.82. The molecule has 2 aromatic rings. The lowest BCUT2D eigenvalue weighted by molar-refractivity contribution is -0.163. The molecule has 1 aromatic heterocycles. The lowest BCUT2D eigenvalue weighted by Crippen LogP contribution is -2.46. The molecule has 3 aliphatic heterocycles. The second kappa shape index (κ2) is 8.21. The second-order valence-corrected chi connectivity index (χ2v) is 9.82. The third kappa shape index (κ3) is 3.76. The third-order valence-corrected chi connectivity index (χ3v) is 6.34. The van der Waals surface area contributed by atoms with Crippen molar-refractivity contribution in [2.75, 3.05) is 19.9 Å². The maximum absolute atomic E-state index is 12.5. The van der Waals surface area contributed by atoms with E-state index in [0.717, 1.165) is 39.0 Å². The zero-order valence-corrected chi connectivity index (χ0v) is 19.9. The number of ether oxygens (including phenoxy) is 2. The molecule has 5 rings (SSSR count). The van der Waals surface area contributed by atoms with E-state index in [9.17, 15) is 9.90 Å². The summed E-state index contributed by atoms with van der Waals surface area (Å²) in [6.07, 6.45) is 3.84. The minimum absolute atomic E-state index is 0.111. The largest absolute Gasteiger partial charge is 0.459 e. The Bertz CT molecular complexity index is 1260. The highest BCUT2D eigenvalue weighted by Gasteiger charge is 2.45. The van der Waals surface area contributed by atoms with Gasteiger partial charge in [-0.2, -0.15) is 0 Å². The summed E-state index contributed by atoms with van der Waals surface area (Å²) >= 11 is 0. The number of hydrogen-bond donors (Lipinski definition) is 1. The van der Waals surface area contributed by atoms with Crippen molar-refractivity contribution in [3.05, 3.63) is 58.3 Å². The molecule has 0 unspecified atom stereocenters. The first-order valence-electron chi connectivity index (χ1n) is 11.5. The van der Waals surface area contributed by atoms with E-state index in [-0.39, 0.29) is 19.6 Å². The first-order chi connectivity index (χ1) is 16.2. The van der Waals surface area contributed by atoms with Crippen LogP contribution in [0.3, 0.4) is 0 Å². The van der Waals surface area contributed by atoms with Gasteiger partial charge in [-0.05, 0) is 44.9 Å². The van der Waals surface area contributed by atoms with Crippen molar-refractivity contribution in [1.82, 2.24) is 9.88 Å². The van der Waals surface area contributed by atoms with Crippen LogP contribution in [-0.4, -0.2) is 58.3 Å². The summed E-state index contributed by atoms with van der Waals surface area (Å²) in [7, 11) is 0. The normalized spacial score (nSPS) is 24.2. The summed E-state index contributed by atoms with van der Waals surface area (Å²) in [6.45, 7) is 8.92. The Morgan fingerprint density at radius 2 is 2.09 bits per heavy atom. The Hall–Kier alpha value is -3.23. The summed E-state index contributed by atoms with van der Waals surface area (Å²) in [4.78, 5) is 25.2. The molecule has 0 radical (unpaired) electrons. The zero-order valence-electron chi connectivity index (χ0n) is 19.9. The van der Waals surface area contributed by atoms with Gasteiger partial charge in [-0.1, -0.05) is 30.3 Å². The van der Waals surface area contributed by atoms with Crippen molar-refractivity contribution in [3.8, 4) is 0 Å². The van der Waals surface area contributed by atoms with Gasteiger partial charge in [-0.25, -0.2) is 9.78 Å². The van der Waals surface area contributed by atoms with Gasteiger partial charge in [0.05, 0.1) is 29.7 Å². The van der Waals surface area contributed by atoms with Gasteiger partial charge in [-0.15, -0.1) is 0 Å². The number of carbonyl (C=O) groups excluding carboxylic acids is 1. The molecule has 0 bridgehead atoms. The van der Waals surface area contributed by atoms with Gasteiger partial charge in [0.2, 0.25) is 0 Å². The number of oxime groups is 1. The number of hydrogen-bond acceptors (Lipinski definition) is 8. The molecule has 0 fully saturated rings. The summed E-state index contributed by atoms with van der Waals surface area (Å²) in [6, 6.07) is 7.91. The van der Waals surface area contributed by atoms with Crippen LogP contribution in [0.2, 0.25) is 0 Å². The molecule has 0 saturated carbocycles. The summed E-state index contributed by atoms with van der Waals surface area (Å²) in [5.41, 5.74) is 3.54. The van der Waals surface area contributed by atoms with E-state index in [1.54, 1.807) is 13.1 Å². The SMILES string of the molecule is CC[C@@]1(O)C(=O)OCC2=C1/C=C1/c3nc4ccccc4c(/C=N/OC(C)(C)C)c3CN1COC2. The van der Waals surface area contributed by atoms with E-state index < -0.39 is 17.2 Å². The van der Waals surface area contributed by atoms with Gasteiger partial charge in [-0.3, -0.25) is 0 Å². The van der Waals surface area contributed by atoms with Crippen LogP contribution in [0.4, 0.5) is 0 Å². The molecule has 0 amide bonds. The van der Waals surface area contributed by atoms with Crippen LogP contribution < -0.4 is 0 Å². The van der Waals surface area contributed by atoms with E-state index in [2.05, 4.69) is 10.1 Å². The molecule has 0 aliphatic carbocycles. The van der Waals surface area contributed by atoms with E-state index in [4.69, 9.17) is 19.3 Å². The average Bonchev–Trinajstić information content (AvgIpc) is 3.11. The predicted molar refractivity (Wildman–Crippen MR) is 128 cm³/mol. The van der Waals surface area contributed by atoms with E-state index in [0.29, 0.717) is 18.8 Å². The van der Waals surface area contributed by atoms with Crippen LogP contribution in [-0.2, 0) is 25.7 Å². The quantitative estimate of drug-likeness (QED) is 0.423. The molecule has 1 N–H and O–H groups in total. The van der Waals surface area contributed by atoms with E-state index in [1.807, 2.05) is 51.1 Å². The minimum Gasteiger partial charge on any atom is -0.459 e. The molecule has 8 nitrogen and oxygen atoms in total. The molecule has 1 aromatic carbocycles. The standard InChI is InChI=1S/C26H29N3O5/c1-5-26(31)20-10-22-23-19(12-29(22)15-32-13-16(20)14-33-24(26)30)18(11-27-34-25(2,3)4)17-8-6-7-9-21(17)28-23/h6-11,31H,5,12-15H2,1-4H3/b22-10-,27-11+/t26-/m0/s1. The lowest BCUT2D eigenvalue weighted by Gasteiger charge is -2.35. The molecule has 0 spiro atoms. The number of nitrogens with zero attached hydrogens (tertiary/aromatic N) is 3. The smallest absolute Gasteiger partial charge is 0.343 e. The molecule has 178 valence electrons. The van der Waals surface area contributed by atoms with Crippen molar-refractivity contribution >= 4 is 28.8 Å². The molecule has 34 heavy (non-hydrogen) atoms. The topological polar surface area (TPSA) is 93.5 Å². The number of cyclic esters (lactones) is 1. The fraction of sp³-hybridized carbons (Fsp3) is 0.423. The van der Waals surface area contributed by atoms with Crippen LogP contribution in [0.1, 0.15) is 50.9 Å². The van der Waals surface area contributed by atoms with Crippen LogP contribution in [0, 0.1) is 0 Å². The average molecular weight is 464 g/mol. The highest BCUT2D eigenvalue weighted by Crippen LogP contribution is 2.41. The molecule has 8 heteroatoms. The molecule has 0 saturated heterocycles. The van der Waals surface area contributed by atoms with E-state index in [1.165, 1.54) is 0 Å². The highest BCUT2D eigenvalue weighted by atomic mass is 16.6. The van der Waals surface area contributed by atoms with Gasteiger partial charge in [0, 0.05) is 28.6 Å². The Morgan fingerprint density at radius 1 is 1.29 bits per heavy atom. The first kappa shape index (κ1) is 22.6. The lowest BCUT2D eigenvalue weighted by atomic mass is 9.84. The van der Waals surface area contributed by atoms with Crippen LogP contribution in [0.5, 0.6) is 0 Å². The Balaban J connectivity index is 1.70. The number of aromatic nitrogens is 1. The molecular weight excluding hydrogens is 434 g/mol. The van der Waals surface area contributed by atoms with Crippen LogP contribution in [0.25, 0.3) is 16.6 Å². The highest BCUT2D eigenvalue weighted by molar-refractivity contribution is 6.02. The molecule has 1 atom stereocenters. The Labute approximate surface area is 198 Å². The number of carbonyl (C=O) groups is 1. The first-order valence-corrected chi connectivity index (χ1v) is 11.5. The predicted octanol–water partition coefficient (Wildman–Crippen LogP) is 3.52. The zero-order chi connectivity index (χ0) is 24.1. The number of fused-ring (bicyclic) bond motifs is 4. The number of aliphatic hydroxyl groups is 1. The van der Waals surface area contributed by atoms with E-state index >= 15 is 0 Å². The number of rotatable bonds is 3. The summed E-state index contributed by atoms with van der Waals surface area (Å²) in [5, 5.41) is 16.5. The van der Waals surface area contributed by atoms with Gasteiger partial charge in [0.1, 0.15) is 18.9 Å². The van der Waals surface area contributed by atoms with Crippen molar-refractivity contribution < 1.29 is 24.2 Å². The Morgan fingerprint density at radius 3 is 2.85 bits per heavy atom. The van der Waals surface area contributed by atoms with Gasteiger partial charge >= 0.3 is 5.97 Å². The monoisotopic (exact) mass is 463 g/mol. The Kier molecular flexibility index (Phi) is 5.45. The molecule has 4 heterocycles. The summed E-state index contributed by atoms with van der Waals surface area (Å²) in [5.74, 6) is -0.630. The fourth-order valence-corrected chi connectivity index (χ4v) is 4.58. The van der Waals surface area contributed by atoms with Crippen molar-refractivity contribution in [2.24, 2.45) is 5.16 Å². The van der Waals surface area contributed by atoms with Gasteiger partial charge < -0.3 is 24.3 Å². The van der Waals surface area contributed by atoms with Gasteiger partial charge in [0.15, 0.2) is 5.60 Å². The van der Waals surface area contributed by atoms with Crippen molar-refractivity contribution in [2.45, 2.75) is 51.9 Å². The van der Waals surface area contributed by atoms with Crippen molar-refractivity contribution in [3.63, 3.8) is 0 Å². The minimum atomic E-state index is -1.71. The maximum atomic E-state index is 12.5. The number of esters is 1. The third-order valence-electron chi connectivity index (χ3n) is 6.34. The maximum Gasteiger partial charge on any atom is 0.343 e. The molecular formula is C26H29N3O5. The van der Waals surface area contributed by atoms with Gasteiger partial charge in [0.25, 0.3) is 0 Å². The van der Waals surface area contributed by atoms with Crippen LogP contribution >= 0.6 is 0 Å².